The first-order valence-corrected chi connectivity index (χ1v) is 11.5. The molecule has 0 amide bonds. The summed E-state index contributed by atoms with van der Waals surface area (Å²) >= 11 is 0. The number of methoxy groups -OCH3 is 1. The second-order valence-electron chi connectivity index (χ2n) is 8.32. The molecule has 2 aromatic rings. The van der Waals surface area contributed by atoms with Crippen LogP contribution in [0.5, 0.6) is 0 Å². The summed E-state index contributed by atoms with van der Waals surface area (Å²) in [5.74, 6) is -0.676. The number of hydrogen-bond donors (Lipinski definition) is 0. The van der Waals surface area contributed by atoms with Crippen molar-refractivity contribution in [1.29, 1.82) is 5.26 Å². The molecule has 0 N–H and O–H groups in total. The molecule has 0 saturated carbocycles. The minimum atomic E-state index is -3.88. The summed E-state index contributed by atoms with van der Waals surface area (Å²) in [5.41, 5.74) is -0.622. The highest BCUT2D eigenvalue weighted by Gasteiger charge is 2.66. The zero-order valence-electron chi connectivity index (χ0n) is 17.5. The van der Waals surface area contributed by atoms with Gasteiger partial charge in [-0.25, -0.2) is 8.42 Å². The molecule has 0 unspecified atom stereocenters. The average Bonchev–Trinajstić information content (AvgIpc) is 3.16. The van der Waals surface area contributed by atoms with E-state index in [2.05, 4.69) is 6.07 Å². The number of hydrogen-bond acceptors (Lipinski definition) is 5. The molecule has 1 aliphatic carbocycles. The zero-order chi connectivity index (χ0) is 22.3. The van der Waals surface area contributed by atoms with Crippen LogP contribution >= 0.6 is 0 Å². The number of esters is 1. The van der Waals surface area contributed by atoms with E-state index in [1.165, 1.54) is 11.4 Å². The van der Waals surface area contributed by atoms with Gasteiger partial charge in [-0.2, -0.15) is 9.57 Å². The zero-order valence-corrected chi connectivity index (χ0v) is 18.3. The highest BCUT2D eigenvalue weighted by Crippen LogP contribution is 2.57. The topological polar surface area (TPSA) is 87.5 Å². The van der Waals surface area contributed by atoms with E-state index in [1.54, 1.807) is 30.3 Å². The van der Waals surface area contributed by atoms with E-state index < -0.39 is 26.8 Å². The van der Waals surface area contributed by atoms with Crippen LogP contribution in [-0.4, -0.2) is 38.9 Å². The lowest BCUT2D eigenvalue weighted by atomic mass is 9.58. The number of rotatable bonds is 4. The van der Waals surface area contributed by atoms with Crippen molar-refractivity contribution in [2.45, 2.75) is 24.2 Å². The van der Waals surface area contributed by atoms with Crippen LogP contribution in [0.3, 0.4) is 0 Å². The van der Waals surface area contributed by atoms with Crippen molar-refractivity contribution in [2.24, 2.45) is 10.8 Å². The summed E-state index contributed by atoms with van der Waals surface area (Å²) in [7, 11) is -2.60. The van der Waals surface area contributed by atoms with Crippen LogP contribution in [0.1, 0.15) is 23.5 Å². The first-order valence-electron chi connectivity index (χ1n) is 10.1. The molecule has 2 aliphatic rings. The Labute approximate surface area is 182 Å². The smallest absolute Gasteiger partial charge is 0.315 e. The lowest BCUT2D eigenvalue weighted by molar-refractivity contribution is -0.156. The van der Waals surface area contributed by atoms with E-state index in [-0.39, 0.29) is 23.9 Å². The molecule has 0 radical (unpaired) electrons. The largest absolute Gasteiger partial charge is 0.468 e. The van der Waals surface area contributed by atoms with E-state index in [0.717, 1.165) is 11.1 Å². The van der Waals surface area contributed by atoms with Crippen LogP contribution < -0.4 is 0 Å². The normalized spacial score (nSPS) is 28.0. The second-order valence-corrected chi connectivity index (χ2v) is 10.3. The lowest BCUT2D eigenvalue weighted by Crippen LogP contribution is -2.49. The van der Waals surface area contributed by atoms with Gasteiger partial charge in [-0.05, 0) is 31.0 Å². The van der Waals surface area contributed by atoms with Crippen LogP contribution in [0.2, 0.25) is 0 Å². The predicted octanol–water partition coefficient (Wildman–Crippen LogP) is 3.41. The monoisotopic (exact) mass is 436 g/mol. The summed E-state index contributed by atoms with van der Waals surface area (Å²) in [6.45, 7) is 1.69. The fourth-order valence-electron chi connectivity index (χ4n) is 4.77. The summed E-state index contributed by atoms with van der Waals surface area (Å²) < 4.78 is 33.2. The average molecular weight is 437 g/mol. The third kappa shape index (κ3) is 3.27. The fraction of sp³-hybridized carbons (Fsp3) is 0.333. The highest BCUT2D eigenvalue weighted by atomic mass is 32.2. The van der Waals surface area contributed by atoms with Crippen molar-refractivity contribution in [1.82, 2.24) is 4.31 Å². The van der Waals surface area contributed by atoms with Gasteiger partial charge in [0.15, 0.2) is 0 Å². The molecule has 1 fully saturated rings. The van der Waals surface area contributed by atoms with Gasteiger partial charge < -0.3 is 4.74 Å². The van der Waals surface area contributed by atoms with Gasteiger partial charge in [0.2, 0.25) is 10.0 Å². The van der Waals surface area contributed by atoms with Crippen LogP contribution in [0, 0.1) is 29.1 Å². The first kappa shape index (κ1) is 21.3. The Bertz CT molecular complexity index is 1170. The maximum atomic E-state index is 13.4. The van der Waals surface area contributed by atoms with Crippen molar-refractivity contribution in [3.63, 3.8) is 0 Å². The number of benzene rings is 2. The number of aryl methyl sites for hydroxylation is 1. The van der Waals surface area contributed by atoms with Crippen molar-refractivity contribution in [3.05, 3.63) is 77.9 Å². The molecule has 3 atom stereocenters. The van der Waals surface area contributed by atoms with E-state index in [0.29, 0.717) is 6.42 Å². The van der Waals surface area contributed by atoms with Gasteiger partial charge in [-0.15, -0.1) is 0 Å². The van der Waals surface area contributed by atoms with Crippen LogP contribution in [0.25, 0.3) is 0 Å². The molecule has 2 aromatic carbocycles. The van der Waals surface area contributed by atoms with Crippen molar-refractivity contribution >= 4 is 16.0 Å². The minimum Gasteiger partial charge on any atom is -0.468 e. The number of ether oxygens (including phenoxy) is 1. The third-order valence-corrected chi connectivity index (χ3v) is 8.38. The quantitative estimate of drug-likeness (QED) is 0.541. The van der Waals surface area contributed by atoms with Crippen molar-refractivity contribution in [2.75, 3.05) is 20.2 Å². The Kier molecular flexibility index (Phi) is 5.24. The maximum absolute atomic E-state index is 13.4. The van der Waals surface area contributed by atoms with Gasteiger partial charge in [-0.1, -0.05) is 60.2 Å². The summed E-state index contributed by atoms with van der Waals surface area (Å²) in [4.78, 5) is 13.3. The molecule has 6 nitrogen and oxygen atoms in total. The van der Waals surface area contributed by atoms with Crippen LogP contribution in [0.4, 0.5) is 0 Å². The van der Waals surface area contributed by atoms with Crippen LogP contribution in [-0.2, 0) is 19.6 Å². The molecular weight excluding hydrogens is 412 g/mol. The van der Waals surface area contributed by atoms with Gasteiger partial charge in [-0.3, -0.25) is 4.79 Å². The van der Waals surface area contributed by atoms with E-state index in [4.69, 9.17) is 4.74 Å². The minimum absolute atomic E-state index is 0.0905. The van der Waals surface area contributed by atoms with Gasteiger partial charge in [0.05, 0.1) is 18.1 Å². The first-order chi connectivity index (χ1) is 14.8. The maximum Gasteiger partial charge on any atom is 0.315 e. The SMILES string of the molecule is COC(=O)[C@@]12C[C@@H](c3ccccc3)C=C[C@@]1(C#N)CN(S(=O)(=O)c1ccc(C)cc1)C2. The molecule has 7 heteroatoms. The third-order valence-electron chi connectivity index (χ3n) is 6.57. The molecule has 1 aliphatic heterocycles. The number of fused-ring (bicyclic) bond motifs is 1. The fourth-order valence-corrected chi connectivity index (χ4v) is 6.32. The Balaban J connectivity index is 1.79. The molecule has 1 heterocycles. The van der Waals surface area contributed by atoms with Gasteiger partial charge in [0.25, 0.3) is 0 Å². The summed E-state index contributed by atoms with van der Waals surface area (Å²) in [6, 6.07) is 18.5. The lowest BCUT2D eigenvalue weighted by Gasteiger charge is -2.41. The molecule has 160 valence electrons. The predicted molar refractivity (Wildman–Crippen MR) is 115 cm³/mol. The molecule has 0 spiro atoms. The molecule has 1 saturated heterocycles. The second kappa shape index (κ2) is 7.63. The summed E-state index contributed by atoms with van der Waals surface area (Å²) in [5, 5.41) is 10.2. The molecule has 4 rings (SSSR count). The Morgan fingerprint density at radius 1 is 1.13 bits per heavy atom. The van der Waals surface area contributed by atoms with Crippen LogP contribution in [0.15, 0.2) is 71.6 Å². The molecule has 31 heavy (non-hydrogen) atoms. The van der Waals surface area contributed by atoms with Gasteiger partial charge >= 0.3 is 5.97 Å². The standard InChI is InChI=1S/C24H24N2O4S/c1-18-8-10-21(11-9-18)31(28,29)26-16-23(15-25)13-12-20(19-6-4-3-5-7-19)14-24(23,17-26)22(27)30-2/h3-13,20H,14,16-17H2,1-2H3/t20-,23+,24-/m0/s1. The van der Waals surface area contributed by atoms with Crippen molar-refractivity contribution in [3.8, 4) is 6.07 Å². The molecular formula is C24H24N2O4S. The number of nitrogens with zero attached hydrogens (tertiary/aromatic N) is 2. The Morgan fingerprint density at radius 3 is 2.42 bits per heavy atom. The van der Waals surface area contributed by atoms with Crippen molar-refractivity contribution < 1.29 is 17.9 Å². The van der Waals surface area contributed by atoms with Gasteiger partial charge in [0.1, 0.15) is 10.8 Å². The van der Waals surface area contributed by atoms with Gasteiger partial charge in [0, 0.05) is 19.0 Å². The number of carbonyl (C=O) groups is 1. The summed E-state index contributed by atoms with van der Waals surface area (Å²) in [6.07, 6.45) is 3.94. The number of nitriles is 1. The number of carbonyl (C=O) groups excluding carboxylic acids is 1. The molecule has 0 aromatic heterocycles. The Hall–Kier alpha value is -2.95. The van der Waals surface area contributed by atoms with E-state index in [1.807, 2.05) is 43.3 Å². The van der Waals surface area contributed by atoms with E-state index in [9.17, 15) is 18.5 Å². The molecule has 0 bridgehead atoms. The number of sulfonamides is 1. The van der Waals surface area contributed by atoms with E-state index >= 15 is 0 Å². The Morgan fingerprint density at radius 2 is 1.81 bits per heavy atom. The number of allylic oxidation sites excluding steroid dienone is 1. The highest BCUT2D eigenvalue weighted by molar-refractivity contribution is 7.89.